The van der Waals surface area contributed by atoms with Crippen LogP contribution < -0.4 is 9.64 Å². The molecule has 2 heterocycles. The minimum Gasteiger partial charge on any atom is -0.485 e. The Morgan fingerprint density at radius 2 is 1.85 bits per heavy atom. The Morgan fingerprint density at radius 3 is 2.55 bits per heavy atom. The summed E-state index contributed by atoms with van der Waals surface area (Å²) in [6, 6.07) is 9.88. The van der Waals surface area contributed by atoms with E-state index in [0.29, 0.717) is 41.5 Å². The van der Waals surface area contributed by atoms with Crippen LogP contribution in [0.25, 0.3) is 0 Å². The highest BCUT2D eigenvalue weighted by atomic mass is 35.5. The molecule has 0 aliphatic carbocycles. The lowest BCUT2D eigenvalue weighted by atomic mass is 10.2. The first kappa shape index (κ1) is 24.4. The van der Waals surface area contributed by atoms with Crippen LogP contribution in [0.15, 0.2) is 36.4 Å². The van der Waals surface area contributed by atoms with Crippen molar-refractivity contribution in [3.8, 4) is 5.75 Å². The van der Waals surface area contributed by atoms with Gasteiger partial charge in [-0.05, 0) is 35.9 Å². The zero-order valence-electron chi connectivity index (χ0n) is 16.4. The minimum absolute atomic E-state index is 0.0736. The number of aromatic nitrogens is 2. The van der Waals surface area contributed by atoms with Gasteiger partial charge in [-0.3, -0.25) is 14.5 Å². The number of amides is 1. The van der Waals surface area contributed by atoms with Crippen molar-refractivity contribution in [3.05, 3.63) is 67.1 Å². The molecule has 1 aliphatic heterocycles. The molecule has 0 spiro atoms. The van der Waals surface area contributed by atoms with E-state index < -0.39 is 16.6 Å². The molecule has 13 heteroatoms. The third kappa shape index (κ3) is 5.50. The molecule has 7 nitrogen and oxygen atoms in total. The lowest BCUT2D eigenvalue weighted by molar-refractivity contribution is -0.138. The summed E-state index contributed by atoms with van der Waals surface area (Å²) >= 11 is 26.6. The van der Waals surface area contributed by atoms with E-state index in [4.69, 9.17) is 51.1 Å². The van der Waals surface area contributed by atoms with Gasteiger partial charge in [-0.1, -0.05) is 63.8 Å². The van der Waals surface area contributed by atoms with E-state index in [-0.39, 0.29) is 18.9 Å². The number of halogens is 4. The summed E-state index contributed by atoms with van der Waals surface area (Å²) in [7, 11) is 0. The molecule has 4 rings (SSSR count). The molecule has 1 aliphatic rings. The Morgan fingerprint density at radius 1 is 1.06 bits per heavy atom. The summed E-state index contributed by atoms with van der Waals surface area (Å²) in [6.07, 6.45) is -0.318. The lowest BCUT2D eigenvalue weighted by Crippen LogP contribution is -2.31. The number of hydrogen-bond acceptors (Lipinski definition) is 7. The number of thioether (sulfide) groups is 1. The second kappa shape index (κ2) is 10.2. The molecule has 1 fully saturated rings. The van der Waals surface area contributed by atoms with Crippen molar-refractivity contribution in [2.24, 2.45) is 0 Å². The third-order valence-electron chi connectivity index (χ3n) is 4.54. The van der Waals surface area contributed by atoms with E-state index in [1.54, 1.807) is 36.4 Å². The van der Waals surface area contributed by atoms with Gasteiger partial charge >= 0.3 is 5.97 Å². The third-order valence-corrected chi connectivity index (χ3v) is 8.14. The number of ether oxygens (including phenoxy) is 1. The highest BCUT2D eigenvalue weighted by Crippen LogP contribution is 2.48. The topological polar surface area (TPSA) is 92.6 Å². The van der Waals surface area contributed by atoms with E-state index in [1.807, 2.05) is 0 Å². The molecular formula is C20H13Cl4N3O4S2. The van der Waals surface area contributed by atoms with Crippen LogP contribution in [-0.2, 0) is 16.2 Å². The molecule has 0 radical (unpaired) electrons. The van der Waals surface area contributed by atoms with Gasteiger partial charge in [0.2, 0.25) is 11.0 Å². The Kier molecular flexibility index (Phi) is 7.57. The molecule has 1 amide bonds. The molecule has 1 N–H and O–H groups in total. The highest BCUT2D eigenvalue weighted by Gasteiger charge is 2.44. The molecule has 1 aromatic heterocycles. The second-order valence-corrected chi connectivity index (χ2v) is 10.8. The number of carboxylic acids is 1. The van der Waals surface area contributed by atoms with Crippen LogP contribution in [0.5, 0.6) is 5.75 Å². The number of rotatable bonds is 7. The van der Waals surface area contributed by atoms with Crippen LogP contribution in [0.4, 0.5) is 5.13 Å². The average Bonchev–Trinajstić information content (AvgIpc) is 3.33. The van der Waals surface area contributed by atoms with Crippen LogP contribution in [0.3, 0.4) is 0 Å². The first-order valence-corrected chi connectivity index (χ1v) is 12.6. The summed E-state index contributed by atoms with van der Waals surface area (Å²) in [4.78, 5) is 25.8. The zero-order chi connectivity index (χ0) is 23.7. The molecule has 2 unspecified atom stereocenters. The summed E-state index contributed by atoms with van der Waals surface area (Å²) < 4.78 is 5.69. The quantitative estimate of drug-likeness (QED) is 0.357. The van der Waals surface area contributed by atoms with Gasteiger partial charge in [-0.25, -0.2) is 0 Å². The molecule has 2 atom stereocenters. The van der Waals surface area contributed by atoms with E-state index >= 15 is 0 Å². The number of anilines is 1. The van der Waals surface area contributed by atoms with Crippen LogP contribution in [0, 0.1) is 0 Å². The number of benzene rings is 2. The van der Waals surface area contributed by atoms with E-state index in [1.165, 1.54) is 16.7 Å². The molecule has 33 heavy (non-hydrogen) atoms. The second-order valence-electron chi connectivity index (χ2n) is 6.80. The van der Waals surface area contributed by atoms with E-state index in [2.05, 4.69) is 10.2 Å². The molecule has 172 valence electrons. The van der Waals surface area contributed by atoms with E-state index in [9.17, 15) is 14.7 Å². The van der Waals surface area contributed by atoms with Crippen molar-refractivity contribution in [2.45, 2.75) is 23.7 Å². The van der Waals surface area contributed by atoms with Crippen molar-refractivity contribution in [3.63, 3.8) is 0 Å². The normalized spacial score (nSPS) is 18.1. The molecule has 2 aromatic carbocycles. The maximum atomic E-state index is 13.1. The minimum atomic E-state index is -1.07. The van der Waals surface area contributed by atoms with Crippen LogP contribution >= 0.6 is 69.5 Å². The molecule has 0 bridgehead atoms. The van der Waals surface area contributed by atoms with Gasteiger partial charge in [0, 0.05) is 5.02 Å². The van der Waals surface area contributed by atoms with Crippen LogP contribution in [-0.4, -0.2) is 32.4 Å². The lowest BCUT2D eigenvalue weighted by Gasteiger charge is -2.21. The van der Waals surface area contributed by atoms with Gasteiger partial charge in [0.05, 0.1) is 26.7 Å². The number of aliphatic carboxylic acids is 1. The van der Waals surface area contributed by atoms with Crippen molar-refractivity contribution in [1.82, 2.24) is 10.2 Å². The number of hydrogen-bond donors (Lipinski definition) is 1. The fourth-order valence-electron chi connectivity index (χ4n) is 3.06. The van der Waals surface area contributed by atoms with Crippen molar-refractivity contribution in [1.29, 1.82) is 0 Å². The number of carboxylic acid groups (broad SMARTS) is 1. The Labute approximate surface area is 216 Å². The number of carbonyl (C=O) groups excluding carboxylic acids is 1. The summed E-state index contributed by atoms with van der Waals surface area (Å²) in [6.45, 7) is 0.0736. The number of nitrogens with zero attached hydrogens (tertiary/aromatic N) is 3. The largest absolute Gasteiger partial charge is 0.485 e. The van der Waals surface area contributed by atoms with Gasteiger partial charge in [0.15, 0.2) is 5.01 Å². The van der Waals surface area contributed by atoms with E-state index in [0.717, 1.165) is 11.3 Å². The first-order valence-electron chi connectivity index (χ1n) is 9.28. The van der Waals surface area contributed by atoms with Gasteiger partial charge in [0.1, 0.15) is 17.7 Å². The van der Waals surface area contributed by atoms with Gasteiger partial charge in [-0.15, -0.1) is 22.0 Å². The van der Waals surface area contributed by atoms with Gasteiger partial charge in [-0.2, -0.15) is 0 Å². The van der Waals surface area contributed by atoms with Crippen LogP contribution in [0.1, 0.15) is 22.4 Å². The Balaban J connectivity index is 1.59. The van der Waals surface area contributed by atoms with Crippen molar-refractivity contribution < 1.29 is 19.4 Å². The monoisotopic (exact) mass is 563 g/mol. The highest BCUT2D eigenvalue weighted by molar-refractivity contribution is 8.01. The summed E-state index contributed by atoms with van der Waals surface area (Å²) in [5.41, 5.74) is 0.691. The maximum Gasteiger partial charge on any atom is 0.305 e. The number of carbonyl (C=O) groups is 2. The Hall–Kier alpha value is -1.75. The fraction of sp³-hybridized carbons (Fsp3) is 0.200. The Bertz CT molecular complexity index is 1230. The standard InChI is InChI=1S/C20H13Cl4N3O4S2/c21-10-2-4-14(13(24)6-10)31-8-16-25-26-20(33-16)27-18(30)15(7-17(28)29)32-19(27)9-1-3-11(22)12(23)5-9/h1-6,15,19H,7-8H2,(H,28,29). The zero-order valence-corrected chi connectivity index (χ0v) is 21.0. The smallest absolute Gasteiger partial charge is 0.305 e. The van der Waals surface area contributed by atoms with Crippen molar-refractivity contribution >= 4 is 86.5 Å². The predicted octanol–water partition coefficient (Wildman–Crippen LogP) is 6.35. The predicted molar refractivity (Wildman–Crippen MR) is 131 cm³/mol. The van der Waals surface area contributed by atoms with Gasteiger partial charge in [0.25, 0.3) is 0 Å². The fourth-order valence-corrected chi connectivity index (χ4v) is 6.09. The molecular weight excluding hydrogens is 552 g/mol. The average molecular weight is 565 g/mol. The summed E-state index contributed by atoms with van der Waals surface area (Å²) in [5, 5.41) is 18.5. The van der Waals surface area contributed by atoms with Gasteiger partial charge < -0.3 is 9.84 Å². The molecule has 0 saturated carbocycles. The SMILES string of the molecule is O=C(O)CC1SC(c2ccc(Cl)c(Cl)c2)N(c2nnc(COc3ccc(Cl)cc3Cl)s2)C1=O. The molecule has 3 aromatic rings. The van der Waals surface area contributed by atoms with Crippen LogP contribution in [0.2, 0.25) is 20.1 Å². The first-order chi connectivity index (χ1) is 15.7. The van der Waals surface area contributed by atoms with Crippen molar-refractivity contribution in [2.75, 3.05) is 4.90 Å². The summed E-state index contributed by atoms with van der Waals surface area (Å²) in [5.74, 6) is -1.01. The molecule has 1 saturated heterocycles. The maximum absolute atomic E-state index is 13.1.